The highest BCUT2D eigenvalue weighted by molar-refractivity contribution is 7.71. The molecule has 0 aliphatic heterocycles. The Bertz CT molecular complexity index is 673. The first-order valence-electron chi connectivity index (χ1n) is 6.59. The van der Waals surface area contributed by atoms with Gasteiger partial charge in [0, 0.05) is 26.2 Å². The summed E-state index contributed by atoms with van der Waals surface area (Å²) in [6.07, 6.45) is 1.70. The van der Waals surface area contributed by atoms with Gasteiger partial charge in [-0.05, 0) is 37.0 Å². The predicted octanol–water partition coefficient (Wildman–Crippen LogP) is 1.40. The van der Waals surface area contributed by atoms with Gasteiger partial charge < -0.3 is 9.88 Å². The molecule has 1 heterocycles. The molecule has 0 saturated carbocycles. The number of nitrogens with zero attached hydrogens (tertiary/aromatic N) is 4. The molecule has 2 aromatic rings. The van der Waals surface area contributed by atoms with Crippen molar-refractivity contribution in [2.45, 2.75) is 13.2 Å². The number of carbonyl (C=O) groups excluding carboxylic acids is 1. The maximum Gasteiger partial charge on any atom is 0.251 e. The molecule has 0 fully saturated rings. The van der Waals surface area contributed by atoms with Crippen LogP contribution in [-0.2, 0) is 20.3 Å². The SMILES string of the molecule is CNC(=O)c1ccc(CN(C)Cn2ncn(C)c2=S)cc1. The molecule has 1 aromatic heterocycles. The summed E-state index contributed by atoms with van der Waals surface area (Å²) in [5.41, 5.74) is 1.79. The molecule has 0 aliphatic rings. The van der Waals surface area contributed by atoms with Gasteiger partial charge in [-0.2, -0.15) is 5.10 Å². The van der Waals surface area contributed by atoms with Crippen LogP contribution in [0.4, 0.5) is 0 Å². The van der Waals surface area contributed by atoms with E-state index in [4.69, 9.17) is 12.2 Å². The molecule has 6 nitrogen and oxygen atoms in total. The molecule has 0 radical (unpaired) electrons. The number of carbonyl (C=O) groups is 1. The van der Waals surface area contributed by atoms with E-state index in [-0.39, 0.29) is 5.91 Å². The Hall–Kier alpha value is -1.99. The van der Waals surface area contributed by atoms with Crippen LogP contribution in [-0.4, -0.2) is 39.3 Å². The maximum absolute atomic E-state index is 11.5. The minimum Gasteiger partial charge on any atom is -0.355 e. The quantitative estimate of drug-likeness (QED) is 0.849. The molecule has 1 aromatic carbocycles. The van der Waals surface area contributed by atoms with Crippen LogP contribution in [0.3, 0.4) is 0 Å². The largest absolute Gasteiger partial charge is 0.355 e. The molecule has 0 saturated heterocycles. The van der Waals surface area contributed by atoms with E-state index < -0.39 is 0 Å². The Balaban J connectivity index is 1.99. The van der Waals surface area contributed by atoms with Crippen molar-refractivity contribution in [3.05, 3.63) is 46.5 Å². The first-order chi connectivity index (χ1) is 10.0. The molecular formula is C14H19N5OS. The third kappa shape index (κ3) is 3.77. The lowest BCUT2D eigenvalue weighted by atomic mass is 10.1. The van der Waals surface area contributed by atoms with Gasteiger partial charge in [-0.25, -0.2) is 4.68 Å². The Morgan fingerprint density at radius 1 is 1.38 bits per heavy atom. The number of amides is 1. The zero-order valence-electron chi connectivity index (χ0n) is 12.4. The van der Waals surface area contributed by atoms with Crippen LogP contribution < -0.4 is 5.32 Å². The molecule has 1 N–H and O–H groups in total. The van der Waals surface area contributed by atoms with E-state index in [2.05, 4.69) is 15.3 Å². The molecule has 112 valence electrons. The van der Waals surface area contributed by atoms with Crippen LogP contribution in [0, 0.1) is 4.77 Å². The average Bonchev–Trinajstić information content (AvgIpc) is 2.79. The minimum atomic E-state index is -0.0744. The van der Waals surface area contributed by atoms with E-state index in [0.717, 1.165) is 12.1 Å². The van der Waals surface area contributed by atoms with Crippen LogP contribution >= 0.6 is 12.2 Å². The number of benzene rings is 1. The highest BCUT2D eigenvalue weighted by Gasteiger charge is 2.06. The van der Waals surface area contributed by atoms with Crippen molar-refractivity contribution in [2.75, 3.05) is 14.1 Å². The van der Waals surface area contributed by atoms with Crippen molar-refractivity contribution in [1.82, 2.24) is 24.6 Å². The zero-order chi connectivity index (χ0) is 15.4. The van der Waals surface area contributed by atoms with Crippen LogP contribution in [0.15, 0.2) is 30.6 Å². The monoisotopic (exact) mass is 305 g/mol. The molecule has 1 amide bonds. The fraction of sp³-hybridized carbons (Fsp3) is 0.357. The topological polar surface area (TPSA) is 55.1 Å². The van der Waals surface area contributed by atoms with Gasteiger partial charge in [0.15, 0.2) is 4.77 Å². The predicted molar refractivity (Wildman–Crippen MR) is 83.3 cm³/mol. The molecular weight excluding hydrogens is 286 g/mol. The van der Waals surface area contributed by atoms with E-state index in [0.29, 0.717) is 17.0 Å². The molecule has 0 atom stereocenters. The number of hydrogen-bond acceptors (Lipinski definition) is 4. The van der Waals surface area contributed by atoms with Crippen molar-refractivity contribution < 1.29 is 4.79 Å². The van der Waals surface area contributed by atoms with E-state index in [1.165, 1.54) is 0 Å². The summed E-state index contributed by atoms with van der Waals surface area (Å²) in [6.45, 7) is 1.38. The second-order valence-corrected chi connectivity index (χ2v) is 5.32. The standard InChI is InChI=1S/C14H19N5OS/c1-15-13(20)12-6-4-11(5-7-12)8-17(2)10-19-14(21)18(3)9-16-19/h4-7,9H,8,10H2,1-3H3,(H,15,20). The minimum absolute atomic E-state index is 0.0744. The van der Waals surface area contributed by atoms with Crippen molar-refractivity contribution >= 4 is 18.1 Å². The van der Waals surface area contributed by atoms with Gasteiger partial charge in [0.1, 0.15) is 6.33 Å². The van der Waals surface area contributed by atoms with Gasteiger partial charge in [0.05, 0.1) is 6.67 Å². The fourth-order valence-corrected chi connectivity index (χ4v) is 2.17. The lowest BCUT2D eigenvalue weighted by Gasteiger charge is -2.16. The molecule has 0 bridgehead atoms. The Labute approximate surface area is 129 Å². The third-order valence-electron chi connectivity index (χ3n) is 3.16. The molecule has 0 aliphatic carbocycles. The zero-order valence-corrected chi connectivity index (χ0v) is 13.2. The van der Waals surface area contributed by atoms with E-state index in [1.807, 2.05) is 38.4 Å². The number of aromatic nitrogens is 3. The lowest BCUT2D eigenvalue weighted by Crippen LogP contribution is -2.23. The van der Waals surface area contributed by atoms with Crippen LogP contribution in [0.1, 0.15) is 15.9 Å². The Morgan fingerprint density at radius 2 is 2.05 bits per heavy atom. The fourth-order valence-electron chi connectivity index (χ4n) is 2.01. The summed E-state index contributed by atoms with van der Waals surface area (Å²) in [7, 11) is 5.51. The van der Waals surface area contributed by atoms with Crippen molar-refractivity contribution in [3.63, 3.8) is 0 Å². The second kappa shape index (κ2) is 6.64. The summed E-state index contributed by atoms with van der Waals surface area (Å²) in [5, 5.41) is 6.83. The lowest BCUT2D eigenvalue weighted by molar-refractivity contribution is 0.0963. The molecule has 0 unspecified atom stereocenters. The third-order valence-corrected chi connectivity index (χ3v) is 3.66. The van der Waals surface area contributed by atoms with Gasteiger partial charge >= 0.3 is 0 Å². The number of aryl methyl sites for hydroxylation is 1. The number of rotatable bonds is 5. The van der Waals surface area contributed by atoms with E-state index >= 15 is 0 Å². The van der Waals surface area contributed by atoms with Gasteiger partial charge in [0.2, 0.25) is 0 Å². The summed E-state index contributed by atoms with van der Waals surface area (Å²) in [6, 6.07) is 7.57. The summed E-state index contributed by atoms with van der Waals surface area (Å²) in [5.74, 6) is -0.0744. The van der Waals surface area contributed by atoms with E-state index in [9.17, 15) is 4.79 Å². The van der Waals surface area contributed by atoms with Gasteiger partial charge in [0.25, 0.3) is 5.91 Å². The highest BCUT2D eigenvalue weighted by atomic mass is 32.1. The molecule has 21 heavy (non-hydrogen) atoms. The maximum atomic E-state index is 11.5. The van der Waals surface area contributed by atoms with Crippen LogP contribution in [0.5, 0.6) is 0 Å². The first kappa shape index (κ1) is 15.4. The molecule has 7 heteroatoms. The molecule has 0 spiro atoms. The van der Waals surface area contributed by atoms with E-state index in [1.54, 1.807) is 22.6 Å². The average molecular weight is 305 g/mol. The number of nitrogens with one attached hydrogen (secondary N) is 1. The summed E-state index contributed by atoms with van der Waals surface area (Å²) in [4.78, 5) is 13.6. The first-order valence-corrected chi connectivity index (χ1v) is 7.00. The van der Waals surface area contributed by atoms with Crippen molar-refractivity contribution in [2.24, 2.45) is 7.05 Å². The van der Waals surface area contributed by atoms with Crippen molar-refractivity contribution in [1.29, 1.82) is 0 Å². The molecule has 2 rings (SSSR count). The Kier molecular flexibility index (Phi) is 4.87. The second-order valence-electron chi connectivity index (χ2n) is 4.96. The number of hydrogen-bond donors (Lipinski definition) is 1. The Morgan fingerprint density at radius 3 is 2.57 bits per heavy atom. The van der Waals surface area contributed by atoms with Gasteiger partial charge in [-0.15, -0.1) is 0 Å². The smallest absolute Gasteiger partial charge is 0.251 e. The highest BCUT2D eigenvalue weighted by Crippen LogP contribution is 2.07. The van der Waals surface area contributed by atoms with Crippen LogP contribution in [0.2, 0.25) is 0 Å². The van der Waals surface area contributed by atoms with Gasteiger partial charge in [-0.1, -0.05) is 12.1 Å². The summed E-state index contributed by atoms with van der Waals surface area (Å²) < 4.78 is 4.27. The van der Waals surface area contributed by atoms with Crippen molar-refractivity contribution in [3.8, 4) is 0 Å². The van der Waals surface area contributed by atoms with Crippen LogP contribution in [0.25, 0.3) is 0 Å². The summed E-state index contributed by atoms with van der Waals surface area (Å²) >= 11 is 5.26. The van der Waals surface area contributed by atoms with Gasteiger partial charge in [-0.3, -0.25) is 9.69 Å². The normalized spacial score (nSPS) is 10.9.